The van der Waals surface area contributed by atoms with Crippen LogP contribution in [0, 0.1) is 6.92 Å². The molecule has 4 heteroatoms. The first-order chi connectivity index (χ1) is 7.61. The molecule has 1 N–H and O–H groups in total. The van der Waals surface area contributed by atoms with Gasteiger partial charge in [0, 0.05) is 18.0 Å². The summed E-state index contributed by atoms with van der Waals surface area (Å²) in [6.45, 7) is 5.18. The third-order valence-electron chi connectivity index (χ3n) is 2.90. The number of aryl methyl sites for hydroxylation is 2. The summed E-state index contributed by atoms with van der Waals surface area (Å²) in [6.07, 6.45) is 1.83. The van der Waals surface area contributed by atoms with Gasteiger partial charge in [0.25, 0.3) is 5.91 Å². The van der Waals surface area contributed by atoms with Gasteiger partial charge < -0.3 is 10.0 Å². The second-order valence-corrected chi connectivity index (χ2v) is 5.56. The highest BCUT2D eigenvalue weighted by Crippen LogP contribution is 2.25. The Hall–Kier alpha value is -0.870. The maximum atomic E-state index is 12.0. The number of rotatable bonds is 3. The van der Waals surface area contributed by atoms with E-state index in [2.05, 4.69) is 13.8 Å². The maximum Gasteiger partial charge on any atom is 0.264 e. The van der Waals surface area contributed by atoms with Gasteiger partial charge in [0.1, 0.15) is 0 Å². The Labute approximate surface area is 99.7 Å². The molecule has 1 fully saturated rings. The molecule has 1 saturated heterocycles. The van der Waals surface area contributed by atoms with Crippen molar-refractivity contribution in [3.8, 4) is 0 Å². The molecule has 1 aliphatic heterocycles. The van der Waals surface area contributed by atoms with Gasteiger partial charge in [-0.3, -0.25) is 4.79 Å². The zero-order valence-corrected chi connectivity index (χ0v) is 10.5. The van der Waals surface area contributed by atoms with Crippen LogP contribution in [0.4, 0.5) is 0 Å². The van der Waals surface area contributed by atoms with Crippen molar-refractivity contribution in [1.29, 1.82) is 0 Å². The van der Waals surface area contributed by atoms with Gasteiger partial charge in [-0.1, -0.05) is 13.3 Å². The summed E-state index contributed by atoms with van der Waals surface area (Å²) in [7, 11) is 0. The Balaban J connectivity index is 2.09. The quantitative estimate of drug-likeness (QED) is 0.874. The molecule has 0 aromatic carbocycles. The number of aliphatic hydroxyl groups excluding tert-OH is 1. The number of amides is 1. The van der Waals surface area contributed by atoms with E-state index < -0.39 is 0 Å². The first kappa shape index (κ1) is 11.6. The van der Waals surface area contributed by atoms with Crippen LogP contribution in [0.25, 0.3) is 0 Å². The van der Waals surface area contributed by atoms with Crippen molar-refractivity contribution in [2.24, 2.45) is 0 Å². The van der Waals surface area contributed by atoms with Crippen LogP contribution in [-0.2, 0) is 6.42 Å². The van der Waals surface area contributed by atoms with E-state index in [1.54, 1.807) is 16.2 Å². The molecule has 2 rings (SSSR count). The number of thiophene rings is 1. The Bertz CT molecular complexity index is 394. The van der Waals surface area contributed by atoms with Crippen molar-refractivity contribution >= 4 is 17.2 Å². The number of aliphatic hydroxyl groups is 1. The standard InChI is InChI=1S/C12H17NO2S/c1-3-4-9-5-11(16-8(9)2)12(15)13-6-10(14)7-13/h5,10,14H,3-4,6-7H2,1-2H3. The van der Waals surface area contributed by atoms with E-state index in [4.69, 9.17) is 5.11 Å². The highest BCUT2D eigenvalue weighted by atomic mass is 32.1. The van der Waals surface area contributed by atoms with Crippen LogP contribution in [-0.4, -0.2) is 35.1 Å². The molecule has 0 radical (unpaired) electrons. The van der Waals surface area contributed by atoms with E-state index in [-0.39, 0.29) is 12.0 Å². The molecule has 1 aliphatic rings. The lowest BCUT2D eigenvalue weighted by atomic mass is 10.1. The fourth-order valence-corrected chi connectivity index (χ4v) is 2.96. The average Bonchev–Trinajstić information content (AvgIpc) is 2.56. The maximum absolute atomic E-state index is 12.0. The molecule has 3 nitrogen and oxygen atoms in total. The minimum Gasteiger partial charge on any atom is -0.389 e. The predicted octanol–water partition coefficient (Wildman–Crippen LogP) is 1.83. The molecule has 1 aromatic heterocycles. The molecule has 0 bridgehead atoms. The molecule has 2 heterocycles. The zero-order chi connectivity index (χ0) is 11.7. The van der Waals surface area contributed by atoms with E-state index in [0.29, 0.717) is 13.1 Å². The van der Waals surface area contributed by atoms with Crippen molar-refractivity contribution in [2.75, 3.05) is 13.1 Å². The largest absolute Gasteiger partial charge is 0.389 e. The zero-order valence-electron chi connectivity index (χ0n) is 9.69. The molecular formula is C12H17NO2S. The molecule has 0 unspecified atom stereocenters. The van der Waals surface area contributed by atoms with Gasteiger partial charge in [0.05, 0.1) is 11.0 Å². The number of β-amino-alcohol motifs (C(OH)–C–C–N with tert-alkyl or cyclic N) is 1. The molecule has 0 aliphatic carbocycles. The Morgan fingerprint density at radius 1 is 1.62 bits per heavy atom. The van der Waals surface area contributed by atoms with Crippen molar-refractivity contribution in [3.63, 3.8) is 0 Å². The summed E-state index contributed by atoms with van der Waals surface area (Å²) in [4.78, 5) is 15.7. The molecule has 0 atom stereocenters. The summed E-state index contributed by atoms with van der Waals surface area (Å²) in [5, 5.41) is 9.17. The van der Waals surface area contributed by atoms with Gasteiger partial charge in [0.15, 0.2) is 0 Å². The fourth-order valence-electron chi connectivity index (χ4n) is 1.92. The lowest BCUT2D eigenvalue weighted by molar-refractivity contribution is 0.00622. The Morgan fingerprint density at radius 2 is 2.31 bits per heavy atom. The van der Waals surface area contributed by atoms with Gasteiger partial charge >= 0.3 is 0 Å². The van der Waals surface area contributed by atoms with E-state index in [1.165, 1.54) is 10.4 Å². The van der Waals surface area contributed by atoms with Crippen LogP contribution in [0.15, 0.2) is 6.07 Å². The smallest absolute Gasteiger partial charge is 0.264 e. The molecule has 0 spiro atoms. The predicted molar refractivity (Wildman–Crippen MR) is 65.0 cm³/mol. The van der Waals surface area contributed by atoms with Gasteiger partial charge in [-0.25, -0.2) is 0 Å². The summed E-state index contributed by atoms with van der Waals surface area (Å²) in [6, 6.07) is 2.01. The topological polar surface area (TPSA) is 40.5 Å². The summed E-state index contributed by atoms with van der Waals surface area (Å²) >= 11 is 1.57. The highest BCUT2D eigenvalue weighted by Gasteiger charge is 2.30. The van der Waals surface area contributed by atoms with E-state index in [9.17, 15) is 4.79 Å². The first-order valence-corrected chi connectivity index (χ1v) is 6.50. The fraction of sp³-hybridized carbons (Fsp3) is 0.583. The van der Waals surface area contributed by atoms with Crippen LogP contribution < -0.4 is 0 Å². The van der Waals surface area contributed by atoms with Crippen molar-refractivity contribution in [1.82, 2.24) is 4.90 Å². The third-order valence-corrected chi connectivity index (χ3v) is 3.98. The van der Waals surface area contributed by atoms with Gasteiger partial charge in [-0.05, 0) is 25.0 Å². The van der Waals surface area contributed by atoms with Crippen LogP contribution in [0.5, 0.6) is 0 Å². The number of carbonyl (C=O) groups excluding carboxylic acids is 1. The monoisotopic (exact) mass is 239 g/mol. The van der Waals surface area contributed by atoms with E-state index in [0.717, 1.165) is 17.7 Å². The second kappa shape index (κ2) is 4.55. The molecule has 88 valence electrons. The van der Waals surface area contributed by atoms with E-state index >= 15 is 0 Å². The van der Waals surface area contributed by atoms with Gasteiger partial charge in [0.2, 0.25) is 0 Å². The number of hydrogen-bond acceptors (Lipinski definition) is 3. The Morgan fingerprint density at radius 3 is 2.88 bits per heavy atom. The summed E-state index contributed by atoms with van der Waals surface area (Å²) in [5.41, 5.74) is 1.29. The van der Waals surface area contributed by atoms with Crippen LogP contribution in [0.3, 0.4) is 0 Å². The van der Waals surface area contributed by atoms with Crippen molar-refractivity contribution in [2.45, 2.75) is 32.8 Å². The number of hydrogen-bond donors (Lipinski definition) is 1. The minimum atomic E-state index is -0.319. The molecule has 16 heavy (non-hydrogen) atoms. The minimum absolute atomic E-state index is 0.0701. The second-order valence-electron chi connectivity index (χ2n) is 4.31. The SMILES string of the molecule is CCCc1cc(C(=O)N2CC(O)C2)sc1C. The third kappa shape index (κ3) is 2.13. The average molecular weight is 239 g/mol. The highest BCUT2D eigenvalue weighted by molar-refractivity contribution is 7.14. The first-order valence-electron chi connectivity index (χ1n) is 5.68. The lowest BCUT2D eigenvalue weighted by Gasteiger charge is -2.35. The molecule has 1 amide bonds. The molecule has 1 aromatic rings. The van der Waals surface area contributed by atoms with Gasteiger partial charge in [-0.15, -0.1) is 11.3 Å². The van der Waals surface area contributed by atoms with Crippen LogP contribution in [0.2, 0.25) is 0 Å². The normalized spacial score (nSPS) is 16.3. The van der Waals surface area contributed by atoms with Crippen molar-refractivity contribution < 1.29 is 9.90 Å². The number of carbonyl (C=O) groups is 1. The van der Waals surface area contributed by atoms with Gasteiger partial charge in [-0.2, -0.15) is 0 Å². The lowest BCUT2D eigenvalue weighted by Crippen LogP contribution is -2.53. The van der Waals surface area contributed by atoms with Crippen LogP contribution >= 0.6 is 11.3 Å². The summed E-state index contributed by atoms with van der Waals surface area (Å²) in [5.74, 6) is 0.0701. The number of nitrogens with zero attached hydrogens (tertiary/aromatic N) is 1. The number of likely N-dealkylation sites (tertiary alicyclic amines) is 1. The molecular weight excluding hydrogens is 222 g/mol. The Kier molecular flexibility index (Phi) is 3.30. The van der Waals surface area contributed by atoms with Crippen molar-refractivity contribution in [3.05, 3.63) is 21.4 Å². The van der Waals surface area contributed by atoms with Crippen LogP contribution in [0.1, 0.15) is 33.5 Å². The summed E-state index contributed by atoms with van der Waals surface area (Å²) < 4.78 is 0. The van der Waals surface area contributed by atoms with E-state index in [1.807, 2.05) is 6.07 Å². The molecule has 0 saturated carbocycles.